The molecule has 0 saturated carbocycles. The maximum absolute atomic E-state index is 6.14. The number of hydrogen-bond donors (Lipinski definition) is 1. The maximum atomic E-state index is 6.14. The number of nitrogens with two attached hydrogens (primary N) is 1. The molecule has 1 aromatic heterocycles. The van der Waals surface area contributed by atoms with Crippen molar-refractivity contribution < 1.29 is 18.9 Å². The average Bonchev–Trinajstić information content (AvgIpc) is 2.71. The van der Waals surface area contributed by atoms with Crippen LogP contribution in [0.2, 0.25) is 0 Å². The van der Waals surface area contributed by atoms with E-state index in [9.17, 15) is 0 Å². The minimum Gasteiger partial charge on any atom is -0.493 e. The molecule has 1 aliphatic heterocycles. The summed E-state index contributed by atoms with van der Waals surface area (Å²) < 4.78 is 22.4. The van der Waals surface area contributed by atoms with Gasteiger partial charge in [-0.15, -0.1) is 0 Å². The van der Waals surface area contributed by atoms with Crippen LogP contribution in [0.15, 0.2) is 36.4 Å². The van der Waals surface area contributed by atoms with Crippen LogP contribution < -0.4 is 24.7 Å². The van der Waals surface area contributed by atoms with Gasteiger partial charge in [-0.25, -0.2) is 9.97 Å². The van der Waals surface area contributed by atoms with Crippen LogP contribution in [0.1, 0.15) is 12.2 Å². The van der Waals surface area contributed by atoms with Gasteiger partial charge in [-0.05, 0) is 24.6 Å². The molecule has 0 spiro atoms. The number of fused-ring (bicyclic) bond motifs is 2. The zero-order valence-electron chi connectivity index (χ0n) is 15.3. The summed E-state index contributed by atoms with van der Waals surface area (Å²) in [6.45, 7) is 0.505. The Bertz CT molecular complexity index is 977. The van der Waals surface area contributed by atoms with Gasteiger partial charge in [0.15, 0.2) is 23.0 Å². The van der Waals surface area contributed by atoms with Gasteiger partial charge >= 0.3 is 0 Å². The standard InChI is InChI=1S/C20H21N3O4/c1-24-17-9-13-14(10-18(17)25-2)22-19(23-20(13)21)8-7-12-11-26-15-5-3-4-6-16(15)27-12/h3-6,9-10,12H,7-8,11H2,1-2H3,(H2,21,22,23)/t12-/m1/s1. The average molecular weight is 367 g/mol. The summed E-state index contributed by atoms with van der Waals surface area (Å²) in [7, 11) is 3.17. The Morgan fingerprint density at radius 2 is 1.81 bits per heavy atom. The smallest absolute Gasteiger partial charge is 0.162 e. The number of nitrogens with zero attached hydrogens (tertiary/aromatic N) is 2. The van der Waals surface area contributed by atoms with Gasteiger partial charge < -0.3 is 24.7 Å². The van der Waals surface area contributed by atoms with Crippen LogP contribution in [-0.2, 0) is 6.42 Å². The predicted molar refractivity (Wildman–Crippen MR) is 102 cm³/mol. The first kappa shape index (κ1) is 17.2. The molecule has 2 aromatic carbocycles. The van der Waals surface area contributed by atoms with E-state index in [1.165, 1.54) is 0 Å². The van der Waals surface area contributed by atoms with Crippen molar-refractivity contribution in [1.82, 2.24) is 9.97 Å². The second-order valence-electron chi connectivity index (χ2n) is 6.29. The molecule has 140 valence electrons. The molecule has 0 amide bonds. The number of para-hydroxylation sites is 2. The van der Waals surface area contributed by atoms with Crippen LogP contribution in [0.3, 0.4) is 0 Å². The summed E-state index contributed by atoms with van der Waals surface area (Å²) in [6, 6.07) is 11.3. The molecule has 0 unspecified atom stereocenters. The number of aromatic nitrogens is 2. The van der Waals surface area contributed by atoms with Gasteiger partial charge in [0.2, 0.25) is 0 Å². The Labute approximate surface area is 157 Å². The molecule has 1 aliphatic rings. The molecular formula is C20H21N3O4. The third-order valence-corrected chi connectivity index (χ3v) is 4.53. The van der Waals surface area contributed by atoms with Crippen molar-refractivity contribution in [3.05, 3.63) is 42.2 Å². The highest BCUT2D eigenvalue weighted by molar-refractivity contribution is 5.90. The molecule has 0 radical (unpaired) electrons. The van der Waals surface area contributed by atoms with Crippen LogP contribution in [0, 0.1) is 0 Å². The van der Waals surface area contributed by atoms with E-state index in [1.807, 2.05) is 30.3 Å². The number of ether oxygens (including phenoxy) is 4. The highest BCUT2D eigenvalue weighted by Crippen LogP contribution is 2.34. The Hall–Kier alpha value is -3.22. The van der Waals surface area contributed by atoms with Crippen molar-refractivity contribution in [3.8, 4) is 23.0 Å². The molecule has 7 heteroatoms. The number of benzene rings is 2. The summed E-state index contributed by atoms with van der Waals surface area (Å²) in [6.07, 6.45) is 1.31. The van der Waals surface area contributed by atoms with Gasteiger partial charge in [-0.3, -0.25) is 0 Å². The van der Waals surface area contributed by atoms with Crippen LogP contribution >= 0.6 is 0 Å². The van der Waals surface area contributed by atoms with Crippen molar-refractivity contribution in [2.24, 2.45) is 0 Å². The van der Waals surface area contributed by atoms with Gasteiger partial charge in [0.1, 0.15) is 24.4 Å². The van der Waals surface area contributed by atoms with E-state index in [0.717, 1.165) is 28.8 Å². The molecular weight excluding hydrogens is 346 g/mol. The van der Waals surface area contributed by atoms with Crippen molar-refractivity contribution >= 4 is 16.7 Å². The molecule has 1 atom stereocenters. The normalized spacial score (nSPS) is 15.6. The Morgan fingerprint density at radius 3 is 2.59 bits per heavy atom. The van der Waals surface area contributed by atoms with E-state index < -0.39 is 0 Å². The maximum Gasteiger partial charge on any atom is 0.162 e. The number of nitrogen functional groups attached to an aromatic ring is 1. The van der Waals surface area contributed by atoms with E-state index in [0.29, 0.717) is 36.2 Å². The molecule has 2 heterocycles. The molecule has 0 aliphatic carbocycles. The summed E-state index contributed by atoms with van der Waals surface area (Å²) in [5, 5.41) is 0.738. The van der Waals surface area contributed by atoms with E-state index in [1.54, 1.807) is 20.3 Å². The fraction of sp³-hybridized carbons (Fsp3) is 0.300. The zero-order valence-corrected chi connectivity index (χ0v) is 15.3. The van der Waals surface area contributed by atoms with Gasteiger partial charge in [-0.2, -0.15) is 0 Å². The molecule has 0 saturated heterocycles. The highest BCUT2D eigenvalue weighted by Gasteiger charge is 2.21. The van der Waals surface area contributed by atoms with E-state index in [-0.39, 0.29) is 6.10 Å². The van der Waals surface area contributed by atoms with Gasteiger partial charge in [-0.1, -0.05) is 12.1 Å². The van der Waals surface area contributed by atoms with E-state index in [4.69, 9.17) is 24.7 Å². The van der Waals surface area contributed by atoms with Gasteiger partial charge in [0.05, 0.1) is 19.7 Å². The monoisotopic (exact) mass is 367 g/mol. The van der Waals surface area contributed by atoms with Crippen LogP contribution in [-0.4, -0.2) is 36.9 Å². The second-order valence-corrected chi connectivity index (χ2v) is 6.29. The molecule has 3 aromatic rings. The lowest BCUT2D eigenvalue weighted by Crippen LogP contribution is -2.29. The zero-order chi connectivity index (χ0) is 18.8. The van der Waals surface area contributed by atoms with Crippen molar-refractivity contribution in [2.45, 2.75) is 18.9 Å². The summed E-state index contributed by atoms with van der Waals surface area (Å²) in [4.78, 5) is 9.06. The third kappa shape index (κ3) is 3.40. The topological polar surface area (TPSA) is 88.7 Å². The highest BCUT2D eigenvalue weighted by atomic mass is 16.6. The van der Waals surface area contributed by atoms with E-state index in [2.05, 4.69) is 9.97 Å². The first-order valence-electron chi connectivity index (χ1n) is 8.74. The second kappa shape index (κ2) is 7.19. The lowest BCUT2D eigenvalue weighted by molar-refractivity contribution is 0.0847. The number of hydrogen-bond acceptors (Lipinski definition) is 7. The van der Waals surface area contributed by atoms with Crippen LogP contribution in [0.5, 0.6) is 23.0 Å². The Morgan fingerprint density at radius 1 is 1.07 bits per heavy atom. The molecule has 2 N–H and O–H groups in total. The molecule has 27 heavy (non-hydrogen) atoms. The fourth-order valence-electron chi connectivity index (χ4n) is 3.14. The lowest BCUT2D eigenvalue weighted by Gasteiger charge is -2.26. The fourth-order valence-corrected chi connectivity index (χ4v) is 3.14. The molecule has 0 fully saturated rings. The Balaban J connectivity index is 1.52. The first-order chi connectivity index (χ1) is 13.2. The predicted octanol–water partition coefficient (Wildman–Crippen LogP) is 3.00. The van der Waals surface area contributed by atoms with Crippen molar-refractivity contribution in [1.29, 1.82) is 0 Å². The molecule has 0 bridgehead atoms. The Kier molecular flexibility index (Phi) is 4.58. The number of rotatable bonds is 5. The van der Waals surface area contributed by atoms with Gasteiger partial charge in [0.25, 0.3) is 0 Å². The third-order valence-electron chi connectivity index (χ3n) is 4.53. The van der Waals surface area contributed by atoms with Crippen molar-refractivity contribution in [2.75, 3.05) is 26.6 Å². The summed E-state index contributed by atoms with van der Waals surface area (Å²) in [5.41, 5.74) is 6.86. The lowest BCUT2D eigenvalue weighted by atomic mass is 10.1. The van der Waals surface area contributed by atoms with E-state index >= 15 is 0 Å². The minimum absolute atomic E-state index is 0.0502. The van der Waals surface area contributed by atoms with Crippen LogP contribution in [0.25, 0.3) is 10.9 Å². The summed E-state index contributed by atoms with van der Waals surface area (Å²) in [5.74, 6) is 3.83. The minimum atomic E-state index is -0.0502. The SMILES string of the molecule is COc1cc2nc(CC[C@@H]3COc4ccccc4O3)nc(N)c2cc1OC. The first-order valence-corrected chi connectivity index (χ1v) is 8.74. The number of aryl methyl sites for hydroxylation is 1. The summed E-state index contributed by atoms with van der Waals surface area (Å²) >= 11 is 0. The molecule has 4 rings (SSSR count). The number of anilines is 1. The molecule has 7 nitrogen and oxygen atoms in total. The quantitative estimate of drug-likeness (QED) is 0.741. The van der Waals surface area contributed by atoms with Crippen molar-refractivity contribution in [3.63, 3.8) is 0 Å². The van der Waals surface area contributed by atoms with Crippen LogP contribution in [0.4, 0.5) is 5.82 Å². The number of methoxy groups -OCH3 is 2. The van der Waals surface area contributed by atoms with Gasteiger partial charge in [0, 0.05) is 17.9 Å². The largest absolute Gasteiger partial charge is 0.493 e.